The number of benzene rings is 1. The Kier molecular flexibility index (Phi) is 6.31. The first-order valence-corrected chi connectivity index (χ1v) is 11.4. The number of aryl methyl sites for hydroxylation is 1. The van der Waals surface area contributed by atoms with Crippen molar-refractivity contribution in [2.24, 2.45) is 0 Å². The highest BCUT2D eigenvalue weighted by molar-refractivity contribution is 5.92. The van der Waals surface area contributed by atoms with Gasteiger partial charge < -0.3 is 20.3 Å². The molecule has 2 aromatic heterocycles. The van der Waals surface area contributed by atoms with Gasteiger partial charge in [-0.1, -0.05) is 0 Å². The van der Waals surface area contributed by atoms with E-state index >= 15 is 0 Å². The fourth-order valence-corrected chi connectivity index (χ4v) is 4.53. The van der Waals surface area contributed by atoms with Crippen molar-refractivity contribution in [2.45, 2.75) is 44.5 Å². The Morgan fingerprint density at radius 2 is 2.06 bits per heavy atom. The summed E-state index contributed by atoms with van der Waals surface area (Å²) in [6, 6.07) is 4.08. The van der Waals surface area contributed by atoms with Crippen molar-refractivity contribution >= 4 is 22.8 Å². The Morgan fingerprint density at radius 1 is 1.18 bits per heavy atom. The average molecular weight is 468 g/mol. The van der Waals surface area contributed by atoms with Crippen LogP contribution in [0.25, 0.3) is 11.0 Å². The van der Waals surface area contributed by atoms with Gasteiger partial charge in [0, 0.05) is 43.9 Å². The second-order valence-electron chi connectivity index (χ2n) is 8.73. The molecule has 3 N–H and O–H groups in total. The average Bonchev–Trinajstić information content (AvgIpc) is 2.82. The summed E-state index contributed by atoms with van der Waals surface area (Å²) in [5.74, 6) is 0.672. The largest absolute Gasteiger partial charge is 0.390 e. The highest BCUT2D eigenvalue weighted by atomic mass is 19.1. The van der Waals surface area contributed by atoms with Gasteiger partial charge in [0.15, 0.2) is 0 Å². The molecule has 2 atom stereocenters. The molecular formula is C23H26FN7O3. The number of carbonyl (C=O) groups is 1. The zero-order valence-electron chi connectivity index (χ0n) is 18.6. The van der Waals surface area contributed by atoms with Gasteiger partial charge in [-0.15, -0.1) is 0 Å². The van der Waals surface area contributed by atoms with E-state index in [0.29, 0.717) is 68.1 Å². The molecule has 0 saturated carbocycles. The van der Waals surface area contributed by atoms with Gasteiger partial charge in [-0.05, 0) is 37.6 Å². The SMILES string of the molecule is O=C1CCc2cnc(CN[C@H]3CCN(CCn4c(=O)cnc5ccc(F)cc54)C[C@H]3O)nc2N1. The van der Waals surface area contributed by atoms with Crippen LogP contribution in [0.1, 0.15) is 24.2 Å². The molecule has 0 spiro atoms. The molecule has 1 fully saturated rings. The molecule has 3 aromatic rings. The van der Waals surface area contributed by atoms with Crippen molar-refractivity contribution in [1.29, 1.82) is 0 Å². The minimum atomic E-state index is -0.602. The minimum Gasteiger partial charge on any atom is -0.390 e. The van der Waals surface area contributed by atoms with Crippen LogP contribution in [-0.2, 0) is 24.3 Å². The Morgan fingerprint density at radius 3 is 2.91 bits per heavy atom. The van der Waals surface area contributed by atoms with Crippen LogP contribution in [0.15, 0.2) is 35.4 Å². The van der Waals surface area contributed by atoms with Gasteiger partial charge in [-0.2, -0.15) is 0 Å². The fourth-order valence-electron chi connectivity index (χ4n) is 4.53. The van der Waals surface area contributed by atoms with E-state index in [1.807, 2.05) is 0 Å². The number of amides is 1. The van der Waals surface area contributed by atoms with E-state index in [1.165, 1.54) is 22.9 Å². The topological polar surface area (TPSA) is 125 Å². The summed E-state index contributed by atoms with van der Waals surface area (Å²) in [6.45, 7) is 2.50. The molecule has 0 radical (unpaired) electrons. The summed E-state index contributed by atoms with van der Waals surface area (Å²) in [5.41, 5.74) is 1.68. The van der Waals surface area contributed by atoms with Crippen LogP contribution in [0.2, 0.25) is 0 Å². The Hall–Kier alpha value is -3.28. The van der Waals surface area contributed by atoms with Crippen molar-refractivity contribution in [1.82, 2.24) is 29.7 Å². The molecule has 2 aliphatic rings. The molecule has 0 unspecified atom stereocenters. The number of carbonyl (C=O) groups excluding carboxylic acids is 1. The maximum absolute atomic E-state index is 13.7. The number of β-amino-alcohol motifs (C(OH)–C–C–N with tert-alkyl or cyclic N) is 1. The van der Waals surface area contributed by atoms with Crippen LogP contribution >= 0.6 is 0 Å². The highest BCUT2D eigenvalue weighted by Gasteiger charge is 2.27. The summed E-state index contributed by atoms with van der Waals surface area (Å²) in [7, 11) is 0. The molecule has 0 bridgehead atoms. The lowest BCUT2D eigenvalue weighted by molar-refractivity contribution is -0.116. The molecule has 10 nitrogen and oxygen atoms in total. The Bertz CT molecular complexity index is 1280. The number of piperidine rings is 1. The summed E-state index contributed by atoms with van der Waals surface area (Å²) >= 11 is 0. The standard InChI is InChI=1S/C23H26FN7O3/c24-15-2-3-16-18(9-15)31(22(34)12-26-16)8-7-30-6-5-17(19(32)13-30)25-11-20-27-10-14-1-4-21(33)29-23(14)28-20/h2-3,9-10,12,17,19,25,32H,1,4-8,11,13H2,(H,27,28,29,33)/t17-,19+/m0/s1. The lowest BCUT2D eigenvalue weighted by Crippen LogP contribution is -2.53. The number of nitrogens with zero attached hydrogens (tertiary/aromatic N) is 5. The predicted octanol–water partition coefficient (Wildman–Crippen LogP) is 0.435. The van der Waals surface area contributed by atoms with Gasteiger partial charge in [-0.25, -0.2) is 19.3 Å². The van der Waals surface area contributed by atoms with Crippen LogP contribution in [0.4, 0.5) is 10.2 Å². The smallest absolute Gasteiger partial charge is 0.269 e. The van der Waals surface area contributed by atoms with E-state index in [4.69, 9.17) is 0 Å². The third kappa shape index (κ3) is 4.81. The first kappa shape index (κ1) is 22.5. The number of anilines is 1. The van der Waals surface area contributed by atoms with Crippen LogP contribution in [0.5, 0.6) is 0 Å². The van der Waals surface area contributed by atoms with Gasteiger partial charge in [0.2, 0.25) is 5.91 Å². The lowest BCUT2D eigenvalue weighted by atomic mass is 10.0. The molecule has 2 aliphatic heterocycles. The van der Waals surface area contributed by atoms with Crippen molar-refractivity contribution in [3.63, 3.8) is 0 Å². The highest BCUT2D eigenvalue weighted by Crippen LogP contribution is 2.19. The molecular weight excluding hydrogens is 441 g/mol. The zero-order chi connectivity index (χ0) is 23.7. The van der Waals surface area contributed by atoms with E-state index in [0.717, 1.165) is 12.1 Å². The molecule has 1 saturated heterocycles. The number of likely N-dealkylation sites (tertiary alicyclic amines) is 1. The first-order chi connectivity index (χ1) is 16.5. The maximum atomic E-state index is 13.7. The summed E-state index contributed by atoms with van der Waals surface area (Å²) in [4.78, 5) is 38.9. The second-order valence-corrected chi connectivity index (χ2v) is 8.73. The van der Waals surface area contributed by atoms with Crippen LogP contribution in [0.3, 0.4) is 0 Å². The van der Waals surface area contributed by atoms with E-state index < -0.39 is 11.9 Å². The molecule has 0 aliphatic carbocycles. The molecule has 5 rings (SSSR count). The number of aliphatic hydroxyl groups excluding tert-OH is 1. The minimum absolute atomic E-state index is 0.0416. The fraction of sp³-hybridized carbons (Fsp3) is 0.435. The monoisotopic (exact) mass is 467 g/mol. The van der Waals surface area contributed by atoms with E-state index in [2.05, 4.69) is 30.5 Å². The summed E-state index contributed by atoms with van der Waals surface area (Å²) in [5, 5.41) is 16.8. The van der Waals surface area contributed by atoms with E-state index in [-0.39, 0.29) is 17.5 Å². The zero-order valence-corrected chi connectivity index (χ0v) is 18.6. The number of aliphatic hydroxyl groups is 1. The predicted molar refractivity (Wildman–Crippen MR) is 123 cm³/mol. The quantitative estimate of drug-likeness (QED) is 0.477. The third-order valence-corrected chi connectivity index (χ3v) is 6.43. The molecule has 178 valence electrons. The van der Waals surface area contributed by atoms with Crippen molar-refractivity contribution in [3.05, 3.63) is 58.2 Å². The van der Waals surface area contributed by atoms with Gasteiger partial charge in [-0.3, -0.25) is 14.5 Å². The number of aromatic nitrogens is 4. The van der Waals surface area contributed by atoms with Gasteiger partial charge >= 0.3 is 0 Å². The molecule has 1 aromatic carbocycles. The van der Waals surface area contributed by atoms with Crippen molar-refractivity contribution in [3.8, 4) is 0 Å². The number of hydrogen-bond acceptors (Lipinski definition) is 8. The first-order valence-electron chi connectivity index (χ1n) is 11.4. The van der Waals surface area contributed by atoms with Crippen molar-refractivity contribution in [2.75, 3.05) is 25.0 Å². The van der Waals surface area contributed by atoms with E-state index in [9.17, 15) is 19.1 Å². The molecule has 11 heteroatoms. The second kappa shape index (κ2) is 9.53. The Balaban J connectivity index is 1.16. The normalized spacial score (nSPS) is 20.8. The lowest BCUT2D eigenvalue weighted by Gasteiger charge is -2.36. The molecule has 1 amide bonds. The summed E-state index contributed by atoms with van der Waals surface area (Å²) < 4.78 is 15.2. The number of rotatable bonds is 6. The van der Waals surface area contributed by atoms with Crippen LogP contribution in [0, 0.1) is 5.82 Å². The van der Waals surface area contributed by atoms with Crippen LogP contribution in [-0.4, -0.2) is 67.2 Å². The third-order valence-electron chi connectivity index (χ3n) is 6.43. The molecule has 34 heavy (non-hydrogen) atoms. The van der Waals surface area contributed by atoms with Crippen LogP contribution < -0.4 is 16.2 Å². The number of halogens is 1. The maximum Gasteiger partial charge on any atom is 0.269 e. The van der Waals surface area contributed by atoms with Gasteiger partial charge in [0.1, 0.15) is 17.5 Å². The number of fused-ring (bicyclic) bond motifs is 2. The number of nitrogens with one attached hydrogen (secondary N) is 2. The van der Waals surface area contributed by atoms with Gasteiger partial charge in [0.25, 0.3) is 5.56 Å². The molecule has 4 heterocycles. The summed E-state index contributed by atoms with van der Waals surface area (Å²) in [6.07, 6.45) is 4.19. The van der Waals surface area contributed by atoms with Crippen molar-refractivity contribution < 1.29 is 14.3 Å². The number of hydrogen-bond donors (Lipinski definition) is 3. The van der Waals surface area contributed by atoms with E-state index in [1.54, 1.807) is 12.3 Å². The Labute approximate surface area is 194 Å². The van der Waals surface area contributed by atoms with Gasteiger partial charge in [0.05, 0.1) is 29.9 Å².